The average Bonchev–Trinajstić information content (AvgIpc) is 3.56. The molecule has 0 aromatic carbocycles. The zero-order valence-electron chi connectivity index (χ0n) is 18.8. The summed E-state index contributed by atoms with van der Waals surface area (Å²) in [6.45, 7) is 6.31. The monoisotopic (exact) mass is 452 g/mol. The van der Waals surface area contributed by atoms with Gasteiger partial charge in [0.15, 0.2) is 5.82 Å². The number of fused-ring (bicyclic) bond motifs is 2. The van der Waals surface area contributed by atoms with Gasteiger partial charge in [0.25, 0.3) is 0 Å². The maximum absolute atomic E-state index is 13.6. The fourth-order valence-corrected chi connectivity index (χ4v) is 5.92. The molecule has 11 heteroatoms. The highest BCUT2D eigenvalue weighted by Crippen LogP contribution is 2.48. The minimum Gasteiger partial charge on any atom is -0.378 e. The Hall–Kier alpha value is -2.76. The highest BCUT2D eigenvalue weighted by molar-refractivity contribution is 5.87. The van der Waals surface area contributed by atoms with Crippen LogP contribution in [-0.4, -0.2) is 97.7 Å². The number of hydrogen-bond donors (Lipinski definition) is 0. The van der Waals surface area contributed by atoms with E-state index in [1.165, 1.54) is 16.6 Å². The van der Waals surface area contributed by atoms with Crippen molar-refractivity contribution in [3.63, 3.8) is 0 Å². The van der Waals surface area contributed by atoms with Crippen molar-refractivity contribution in [3.05, 3.63) is 35.4 Å². The molecule has 2 unspecified atom stereocenters. The highest BCUT2D eigenvalue weighted by Gasteiger charge is 2.55. The SMILES string of the molecule is CC1=C(N2CCC3(CC4COCC(C3)N4CCc3ccc(-n4cnnn4)nn3)C2=O)COC1. The third kappa shape index (κ3) is 3.64. The number of nitrogens with zero attached hydrogens (tertiary/aromatic N) is 8. The van der Waals surface area contributed by atoms with Crippen molar-refractivity contribution >= 4 is 5.91 Å². The number of likely N-dealkylation sites (tertiary alicyclic amines) is 1. The predicted molar refractivity (Wildman–Crippen MR) is 115 cm³/mol. The Balaban J connectivity index is 1.13. The molecule has 6 rings (SSSR count). The largest absolute Gasteiger partial charge is 0.378 e. The van der Waals surface area contributed by atoms with E-state index in [2.05, 4.69) is 37.5 Å². The Bertz CT molecular complexity index is 1040. The van der Waals surface area contributed by atoms with Crippen molar-refractivity contribution in [3.8, 4) is 5.82 Å². The molecule has 2 aromatic heterocycles. The summed E-state index contributed by atoms with van der Waals surface area (Å²) in [5, 5.41) is 19.7. The molecule has 33 heavy (non-hydrogen) atoms. The second kappa shape index (κ2) is 8.23. The van der Waals surface area contributed by atoms with Gasteiger partial charge in [0.2, 0.25) is 5.91 Å². The van der Waals surface area contributed by atoms with Crippen LogP contribution in [0.3, 0.4) is 0 Å². The first-order valence-corrected chi connectivity index (χ1v) is 11.6. The molecular weight excluding hydrogens is 424 g/mol. The minimum atomic E-state index is -0.265. The molecule has 4 aliphatic heterocycles. The fraction of sp³-hybridized carbons (Fsp3) is 0.636. The molecular formula is C22H28N8O3. The Morgan fingerprint density at radius 1 is 1.12 bits per heavy atom. The summed E-state index contributed by atoms with van der Waals surface area (Å²) in [6.07, 6.45) is 4.93. The number of piperidine rings is 1. The minimum absolute atomic E-state index is 0.254. The molecule has 6 heterocycles. The van der Waals surface area contributed by atoms with Gasteiger partial charge < -0.3 is 14.4 Å². The van der Waals surface area contributed by atoms with Gasteiger partial charge in [-0.1, -0.05) is 0 Å². The Labute approximate surface area is 191 Å². The van der Waals surface area contributed by atoms with Gasteiger partial charge in [0.05, 0.1) is 37.5 Å². The number of carbonyl (C=O) groups excluding carboxylic acids is 1. The van der Waals surface area contributed by atoms with Gasteiger partial charge in [-0.2, -0.15) is 9.78 Å². The van der Waals surface area contributed by atoms with E-state index in [9.17, 15) is 4.79 Å². The number of carbonyl (C=O) groups is 1. The summed E-state index contributed by atoms with van der Waals surface area (Å²) in [4.78, 5) is 18.1. The topological polar surface area (TPSA) is 111 Å². The van der Waals surface area contributed by atoms with Gasteiger partial charge >= 0.3 is 0 Å². The smallest absolute Gasteiger partial charge is 0.233 e. The van der Waals surface area contributed by atoms with E-state index in [4.69, 9.17) is 9.47 Å². The Kier molecular flexibility index (Phi) is 5.19. The van der Waals surface area contributed by atoms with E-state index in [0.29, 0.717) is 38.2 Å². The van der Waals surface area contributed by atoms with Crippen LogP contribution in [0.25, 0.3) is 5.82 Å². The fourth-order valence-electron chi connectivity index (χ4n) is 5.92. The average molecular weight is 453 g/mol. The van der Waals surface area contributed by atoms with Gasteiger partial charge in [-0.15, -0.1) is 10.2 Å². The first-order chi connectivity index (χ1) is 16.1. The number of amides is 1. The number of aromatic nitrogens is 6. The van der Waals surface area contributed by atoms with Gasteiger partial charge in [-0.25, -0.2) is 0 Å². The Morgan fingerprint density at radius 3 is 2.64 bits per heavy atom. The first-order valence-electron chi connectivity index (χ1n) is 11.6. The van der Waals surface area contributed by atoms with Crippen LogP contribution < -0.4 is 0 Å². The summed E-state index contributed by atoms with van der Waals surface area (Å²) >= 11 is 0. The molecule has 3 fully saturated rings. The zero-order chi connectivity index (χ0) is 22.4. The predicted octanol–water partition coefficient (Wildman–Crippen LogP) is 0.381. The number of morpholine rings is 1. The third-order valence-corrected chi connectivity index (χ3v) is 7.62. The molecule has 2 bridgehead atoms. The van der Waals surface area contributed by atoms with E-state index >= 15 is 0 Å². The molecule has 1 spiro atoms. The van der Waals surface area contributed by atoms with Crippen LogP contribution in [0, 0.1) is 5.41 Å². The zero-order valence-corrected chi connectivity index (χ0v) is 18.8. The van der Waals surface area contributed by atoms with E-state index in [-0.39, 0.29) is 17.5 Å². The molecule has 3 saturated heterocycles. The van der Waals surface area contributed by atoms with Crippen LogP contribution >= 0.6 is 0 Å². The maximum atomic E-state index is 13.6. The van der Waals surface area contributed by atoms with Crippen LogP contribution in [0.1, 0.15) is 31.9 Å². The molecule has 0 radical (unpaired) electrons. The normalized spacial score (nSPS) is 30.1. The Morgan fingerprint density at radius 2 is 1.97 bits per heavy atom. The van der Waals surface area contributed by atoms with Crippen molar-refractivity contribution in [2.75, 3.05) is 39.5 Å². The summed E-state index contributed by atoms with van der Waals surface area (Å²) in [7, 11) is 0. The standard InChI is InChI=1S/C22H28N8O3/c1-15-10-32-13-19(15)29-7-5-22(21(29)31)8-17-11-33-12-18(9-22)28(17)6-4-16-2-3-20(25-24-16)30-14-23-26-27-30/h2-3,14,17-18H,4-13H2,1H3. The van der Waals surface area contributed by atoms with Crippen molar-refractivity contribution in [1.82, 2.24) is 40.2 Å². The molecule has 4 aliphatic rings. The second-order valence-corrected chi connectivity index (χ2v) is 9.59. The van der Waals surface area contributed by atoms with Crippen molar-refractivity contribution < 1.29 is 14.3 Å². The maximum Gasteiger partial charge on any atom is 0.233 e. The lowest BCUT2D eigenvalue weighted by molar-refractivity contribution is -0.149. The molecule has 1 amide bonds. The van der Waals surface area contributed by atoms with E-state index < -0.39 is 0 Å². The summed E-state index contributed by atoms with van der Waals surface area (Å²) in [6, 6.07) is 4.36. The molecule has 2 aromatic rings. The lowest BCUT2D eigenvalue weighted by Crippen LogP contribution is -2.61. The molecule has 2 atom stereocenters. The van der Waals surface area contributed by atoms with E-state index in [0.717, 1.165) is 50.2 Å². The number of ether oxygens (including phenoxy) is 2. The van der Waals surface area contributed by atoms with Crippen molar-refractivity contribution in [2.45, 2.75) is 44.7 Å². The number of tetrazole rings is 1. The lowest BCUT2D eigenvalue weighted by Gasteiger charge is -2.51. The van der Waals surface area contributed by atoms with Crippen molar-refractivity contribution in [1.29, 1.82) is 0 Å². The van der Waals surface area contributed by atoms with Gasteiger partial charge in [0, 0.05) is 37.3 Å². The van der Waals surface area contributed by atoms with Crippen LogP contribution in [0.15, 0.2) is 29.7 Å². The molecule has 11 nitrogen and oxygen atoms in total. The summed E-state index contributed by atoms with van der Waals surface area (Å²) in [5.41, 5.74) is 2.94. The number of rotatable bonds is 5. The van der Waals surface area contributed by atoms with E-state index in [1.54, 1.807) is 0 Å². The number of hydrogen-bond acceptors (Lipinski definition) is 9. The van der Waals surface area contributed by atoms with Crippen LogP contribution in [0.4, 0.5) is 0 Å². The third-order valence-electron chi connectivity index (χ3n) is 7.62. The van der Waals surface area contributed by atoms with Crippen molar-refractivity contribution in [2.24, 2.45) is 5.41 Å². The van der Waals surface area contributed by atoms with Gasteiger partial charge in [-0.05, 0) is 54.3 Å². The highest BCUT2D eigenvalue weighted by atomic mass is 16.5. The van der Waals surface area contributed by atoms with Crippen LogP contribution in [-0.2, 0) is 20.7 Å². The summed E-state index contributed by atoms with van der Waals surface area (Å²) in [5.74, 6) is 0.888. The quantitative estimate of drug-likeness (QED) is 0.636. The lowest BCUT2D eigenvalue weighted by atomic mass is 9.70. The van der Waals surface area contributed by atoms with Gasteiger partial charge in [0.1, 0.15) is 6.33 Å². The molecule has 0 N–H and O–H groups in total. The first kappa shape index (κ1) is 20.8. The molecule has 0 saturated carbocycles. The van der Waals surface area contributed by atoms with E-state index in [1.807, 2.05) is 17.0 Å². The van der Waals surface area contributed by atoms with Crippen LogP contribution in [0.5, 0.6) is 0 Å². The second-order valence-electron chi connectivity index (χ2n) is 9.59. The molecule has 0 aliphatic carbocycles. The van der Waals surface area contributed by atoms with Gasteiger partial charge in [-0.3, -0.25) is 9.69 Å². The summed E-state index contributed by atoms with van der Waals surface area (Å²) < 4.78 is 13.0. The molecule has 174 valence electrons. The van der Waals surface area contributed by atoms with Crippen LogP contribution in [0.2, 0.25) is 0 Å².